The molecule has 0 aromatic carbocycles. The third kappa shape index (κ3) is 3.15. The molecule has 1 heterocycles. The van der Waals surface area contributed by atoms with Crippen molar-refractivity contribution in [3.63, 3.8) is 0 Å². The summed E-state index contributed by atoms with van der Waals surface area (Å²) in [5, 5.41) is 9.02. The molecule has 0 unspecified atom stereocenters. The molecule has 0 aromatic heterocycles. The van der Waals surface area contributed by atoms with Gasteiger partial charge in [-0.05, 0) is 12.8 Å². The van der Waals surface area contributed by atoms with Crippen molar-refractivity contribution in [2.75, 3.05) is 32.3 Å². The van der Waals surface area contributed by atoms with Gasteiger partial charge in [0, 0.05) is 19.1 Å². The normalized spacial score (nSPS) is 20.9. The molecule has 74 valence electrons. The Labute approximate surface area is 83.6 Å². The van der Waals surface area contributed by atoms with Crippen molar-refractivity contribution >= 4 is 11.6 Å². The van der Waals surface area contributed by atoms with Crippen LogP contribution in [0.4, 0.5) is 0 Å². The van der Waals surface area contributed by atoms with E-state index in [4.69, 9.17) is 26.3 Å². The van der Waals surface area contributed by atoms with Crippen molar-refractivity contribution in [1.29, 1.82) is 5.26 Å². The van der Waals surface area contributed by atoms with Gasteiger partial charge in [0.05, 0.1) is 24.7 Å². The number of nitriles is 1. The highest BCUT2D eigenvalue weighted by atomic mass is 35.5. The summed E-state index contributed by atoms with van der Waals surface area (Å²) in [6.07, 6.45) is 1.54. The van der Waals surface area contributed by atoms with E-state index in [1.165, 1.54) is 0 Å². The van der Waals surface area contributed by atoms with Crippen LogP contribution in [0.3, 0.4) is 0 Å². The molecule has 3 nitrogen and oxygen atoms in total. The van der Waals surface area contributed by atoms with Crippen molar-refractivity contribution in [3.8, 4) is 6.07 Å². The highest BCUT2D eigenvalue weighted by Crippen LogP contribution is 2.29. The lowest BCUT2D eigenvalue weighted by Gasteiger charge is -2.30. The molecule has 0 radical (unpaired) electrons. The van der Waals surface area contributed by atoms with Gasteiger partial charge in [0.2, 0.25) is 0 Å². The second-order valence-electron chi connectivity index (χ2n) is 3.25. The average molecular weight is 204 g/mol. The van der Waals surface area contributed by atoms with Crippen molar-refractivity contribution in [2.24, 2.45) is 5.41 Å². The third-order valence-corrected chi connectivity index (χ3v) is 2.44. The Hall–Kier alpha value is -0.300. The lowest BCUT2D eigenvalue weighted by atomic mass is 9.83. The smallest absolute Gasteiger partial charge is 0.0850 e. The highest BCUT2D eigenvalue weighted by molar-refractivity contribution is 6.17. The Bertz CT molecular complexity index is 185. The van der Waals surface area contributed by atoms with Crippen LogP contribution in [0, 0.1) is 16.7 Å². The molecule has 0 atom stereocenters. The van der Waals surface area contributed by atoms with E-state index in [1.54, 1.807) is 0 Å². The molecule has 1 saturated heterocycles. The van der Waals surface area contributed by atoms with Crippen molar-refractivity contribution in [1.82, 2.24) is 0 Å². The quantitative estimate of drug-likeness (QED) is 0.515. The highest BCUT2D eigenvalue weighted by Gasteiger charge is 2.32. The number of alkyl halides is 1. The minimum atomic E-state index is -0.329. The van der Waals surface area contributed by atoms with Gasteiger partial charge in [-0.2, -0.15) is 5.26 Å². The minimum Gasteiger partial charge on any atom is -0.381 e. The molecule has 1 aliphatic heterocycles. The van der Waals surface area contributed by atoms with E-state index in [0.29, 0.717) is 32.3 Å². The molecule has 0 saturated carbocycles. The van der Waals surface area contributed by atoms with Crippen LogP contribution in [-0.2, 0) is 9.47 Å². The first-order chi connectivity index (χ1) is 6.33. The lowest BCUT2D eigenvalue weighted by Crippen LogP contribution is -2.32. The van der Waals surface area contributed by atoms with E-state index < -0.39 is 0 Å². The molecule has 0 amide bonds. The molecular weight excluding hydrogens is 190 g/mol. The van der Waals surface area contributed by atoms with Gasteiger partial charge in [-0.15, -0.1) is 11.6 Å². The van der Waals surface area contributed by atoms with Gasteiger partial charge in [-0.25, -0.2) is 0 Å². The zero-order chi connectivity index (χ0) is 9.57. The molecule has 0 N–H and O–H groups in total. The molecule has 1 aliphatic rings. The average Bonchev–Trinajstić information content (AvgIpc) is 2.20. The second kappa shape index (κ2) is 5.43. The van der Waals surface area contributed by atoms with Crippen LogP contribution in [0.2, 0.25) is 0 Å². The zero-order valence-electron chi connectivity index (χ0n) is 7.59. The van der Waals surface area contributed by atoms with E-state index in [2.05, 4.69) is 6.07 Å². The summed E-state index contributed by atoms with van der Waals surface area (Å²) >= 11 is 5.48. The van der Waals surface area contributed by atoms with Gasteiger partial charge in [-0.3, -0.25) is 0 Å². The Morgan fingerprint density at radius 1 is 1.46 bits per heavy atom. The Kier molecular flexibility index (Phi) is 4.51. The van der Waals surface area contributed by atoms with E-state index in [9.17, 15) is 0 Å². The Morgan fingerprint density at radius 2 is 2.15 bits per heavy atom. The Balaban J connectivity index is 2.35. The van der Waals surface area contributed by atoms with Crippen molar-refractivity contribution in [3.05, 3.63) is 0 Å². The van der Waals surface area contributed by atoms with Crippen LogP contribution in [0.25, 0.3) is 0 Å². The van der Waals surface area contributed by atoms with Gasteiger partial charge < -0.3 is 9.47 Å². The fourth-order valence-corrected chi connectivity index (χ4v) is 1.48. The van der Waals surface area contributed by atoms with E-state index in [0.717, 1.165) is 12.8 Å². The number of nitrogens with zero attached hydrogens (tertiary/aromatic N) is 1. The number of halogens is 1. The molecule has 4 heteroatoms. The molecule has 0 bridgehead atoms. The molecule has 0 spiro atoms. The standard InChI is InChI=1S/C9H14ClNO2/c10-3-6-13-8-9(7-11)1-4-12-5-2-9/h1-6,8H2. The summed E-state index contributed by atoms with van der Waals surface area (Å²) in [5.41, 5.74) is -0.329. The summed E-state index contributed by atoms with van der Waals surface area (Å²) in [6.45, 7) is 2.33. The lowest BCUT2D eigenvalue weighted by molar-refractivity contribution is -0.00790. The summed E-state index contributed by atoms with van der Waals surface area (Å²) in [7, 11) is 0. The first-order valence-electron chi connectivity index (χ1n) is 4.46. The topological polar surface area (TPSA) is 42.2 Å². The predicted molar refractivity (Wildman–Crippen MR) is 49.6 cm³/mol. The van der Waals surface area contributed by atoms with Gasteiger partial charge in [-0.1, -0.05) is 0 Å². The number of hydrogen-bond acceptors (Lipinski definition) is 3. The van der Waals surface area contributed by atoms with Crippen LogP contribution in [0.5, 0.6) is 0 Å². The Morgan fingerprint density at radius 3 is 2.69 bits per heavy atom. The van der Waals surface area contributed by atoms with E-state index >= 15 is 0 Å². The maximum atomic E-state index is 9.02. The first-order valence-corrected chi connectivity index (χ1v) is 4.99. The first kappa shape index (κ1) is 10.8. The van der Waals surface area contributed by atoms with E-state index in [-0.39, 0.29) is 5.41 Å². The monoisotopic (exact) mass is 203 g/mol. The molecule has 1 rings (SSSR count). The van der Waals surface area contributed by atoms with Crippen LogP contribution >= 0.6 is 11.6 Å². The van der Waals surface area contributed by atoms with Gasteiger partial charge in [0.1, 0.15) is 0 Å². The fourth-order valence-electron chi connectivity index (χ4n) is 1.37. The number of ether oxygens (including phenoxy) is 2. The van der Waals surface area contributed by atoms with Crippen molar-refractivity contribution in [2.45, 2.75) is 12.8 Å². The molecule has 0 aromatic rings. The number of rotatable bonds is 4. The fraction of sp³-hybridized carbons (Fsp3) is 0.889. The SMILES string of the molecule is N#CC1(COCCCl)CCOCC1. The van der Waals surface area contributed by atoms with Gasteiger partial charge >= 0.3 is 0 Å². The number of hydrogen-bond donors (Lipinski definition) is 0. The van der Waals surface area contributed by atoms with E-state index in [1.807, 2.05) is 0 Å². The van der Waals surface area contributed by atoms with Gasteiger partial charge in [0.15, 0.2) is 0 Å². The minimum absolute atomic E-state index is 0.329. The summed E-state index contributed by atoms with van der Waals surface area (Å²) in [6, 6.07) is 2.33. The predicted octanol–water partition coefficient (Wildman–Crippen LogP) is 1.56. The molecule has 1 fully saturated rings. The third-order valence-electron chi connectivity index (χ3n) is 2.29. The summed E-state index contributed by atoms with van der Waals surface area (Å²) in [4.78, 5) is 0. The van der Waals surface area contributed by atoms with Crippen LogP contribution in [-0.4, -0.2) is 32.3 Å². The summed E-state index contributed by atoms with van der Waals surface area (Å²) in [5.74, 6) is 0.484. The summed E-state index contributed by atoms with van der Waals surface area (Å²) < 4.78 is 10.5. The van der Waals surface area contributed by atoms with Gasteiger partial charge in [0.25, 0.3) is 0 Å². The van der Waals surface area contributed by atoms with Crippen LogP contribution in [0.1, 0.15) is 12.8 Å². The van der Waals surface area contributed by atoms with Crippen molar-refractivity contribution < 1.29 is 9.47 Å². The maximum absolute atomic E-state index is 9.02. The molecular formula is C9H14ClNO2. The van der Waals surface area contributed by atoms with Crippen LogP contribution in [0.15, 0.2) is 0 Å². The molecule has 0 aliphatic carbocycles. The molecule has 13 heavy (non-hydrogen) atoms. The van der Waals surface area contributed by atoms with Crippen LogP contribution < -0.4 is 0 Å². The largest absolute Gasteiger partial charge is 0.381 e. The zero-order valence-corrected chi connectivity index (χ0v) is 8.35. The maximum Gasteiger partial charge on any atom is 0.0850 e. The second-order valence-corrected chi connectivity index (χ2v) is 3.62.